The van der Waals surface area contributed by atoms with Gasteiger partial charge in [0.1, 0.15) is 11.5 Å². The summed E-state index contributed by atoms with van der Waals surface area (Å²) in [6.45, 7) is 0.519. The molecule has 2 aromatic heterocycles. The number of fused-ring (bicyclic) bond motifs is 1. The number of aromatic nitrogens is 2. The number of rotatable bonds is 4. The molecule has 0 aliphatic carbocycles. The van der Waals surface area contributed by atoms with Crippen molar-refractivity contribution in [1.29, 1.82) is 0 Å². The highest BCUT2D eigenvalue weighted by Crippen LogP contribution is 2.24. The van der Waals surface area contributed by atoms with Gasteiger partial charge in [-0.3, -0.25) is 9.56 Å². The van der Waals surface area contributed by atoms with E-state index in [1.54, 1.807) is 18.2 Å². The molecule has 0 bridgehead atoms. The van der Waals surface area contributed by atoms with Crippen molar-refractivity contribution in [3.8, 4) is 11.8 Å². The van der Waals surface area contributed by atoms with Crippen molar-refractivity contribution in [1.82, 2.24) is 15.4 Å². The van der Waals surface area contributed by atoms with Gasteiger partial charge in [-0.25, -0.2) is 24.2 Å². The number of sulfonamides is 1. The average molecular weight is 443 g/mol. The minimum Gasteiger partial charge on any atom is -0.275 e. The van der Waals surface area contributed by atoms with E-state index in [0.29, 0.717) is 12.4 Å². The predicted molar refractivity (Wildman–Crippen MR) is 108 cm³/mol. The largest absolute Gasteiger partial charge is 0.279 e. The molecule has 158 valence electrons. The Kier molecular flexibility index (Phi) is 5.51. The van der Waals surface area contributed by atoms with Gasteiger partial charge in [0.05, 0.1) is 18.4 Å². The summed E-state index contributed by atoms with van der Waals surface area (Å²) in [6.07, 6.45) is 1.29. The van der Waals surface area contributed by atoms with Gasteiger partial charge in [-0.2, -0.15) is 13.6 Å². The molecule has 31 heavy (non-hydrogen) atoms. The van der Waals surface area contributed by atoms with Gasteiger partial charge in [-0.15, -0.1) is 0 Å². The lowest BCUT2D eigenvalue weighted by molar-refractivity contribution is 0.140. The highest BCUT2D eigenvalue weighted by molar-refractivity contribution is 7.92. The number of pyridine rings is 2. The first-order valence-electron chi connectivity index (χ1n) is 8.90. The Balaban J connectivity index is 1.66. The van der Waals surface area contributed by atoms with Crippen LogP contribution in [0, 0.1) is 23.5 Å². The van der Waals surface area contributed by atoms with Crippen LogP contribution in [0.15, 0.2) is 53.7 Å². The van der Waals surface area contributed by atoms with E-state index in [-0.39, 0.29) is 10.7 Å². The first-order valence-corrected chi connectivity index (χ1v) is 10.4. The zero-order valence-electron chi connectivity index (χ0n) is 16.1. The maximum absolute atomic E-state index is 14.9. The molecule has 3 heterocycles. The predicted octanol–water partition coefficient (Wildman–Crippen LogP) is 2.34. The van der Waals surface area contributed by atoms with Gasteiger partial charge >= 0.3 is 0 Å². The van der Waals surface area contributed by atoms with Crippen molar-refractivity contribution in [2.45, 2.75) is 11.6 Å². The number of nitrogens with zero attached hydrogens (tertiary/aromatic N) is 3. The van der Waals surface area contributed by atoms with E-state index >= 15 is 0 Å². The van der Waals surface area contributed by atoms with E-state index in [0.717, 1.165) is 17.7 Å². The summed E-state index contributed by atoms with van der Waals surface area (Å²) < 4.78 is 56.0. The lowest BCUT2D eigenvalue weighted by atomic mass is 10.1. The Bertz CT molecular complexity index is 1310. The summed E-state index contributed by atoms with van der Waals surface area (Å²) in [7, 11) is -2.70. The molecule has 0 spiro atoms. The monoisotopic (exact) mass is 443 g/mol. The second-order valence-electron chi connectivity index (χ2n) is 6.30. The molecule has 0 saturated heterocycles. The third-order valence-electron chi connectivity index (χ3n) is 4.31. The summed E-state index contributed by atoms with van der Waals surface area (Å²) in [6, 6.07) is 9.55. The second-order valence-corrected chi connectivity index (χ2v) is 7.93. The number of hydrogen-bond acceptors (Lipinski definition) is 7. The van der Waals surface area contributed by atoms with Crippen LogP contribution in [-0.4, -0.2) is 25.5 Å². The van der Waals surface area contributed by atoms with Gasteiger partial charge in [-0.05, 0) is 36.3 Å². The van der Waals surface area contributed by atoms with Crippen LogP contribution in [0.5, 0.6) is 0 Å². The highest BCUT2D eigenvalue weighted by Gasteiger charge is 2.21. The van der Waals surface area contributed by atoms with Crippen LogP contribution in [0.1, 0.15) is 16.8 Å². The third kappa shape index (κ3) is 4.17. The molecular weight excluding hydrogens is 428 g/mol. The number of halogens is 2. The van der Waals surface area contributed by atoms with Crippen LogP contribution < -0.4 is 15.3 Å². The molecule has 11 heteroatoms. The van der Waals surface area contributed by atoms with Gasteiger partial charge in [0.2, 0.25) is 0 Å². The Hall–Kier alpha value is -3.59. The average Bonchev–Trinajstić information content (AvgIpc) is 3.18. The van der Waals surface area contributed by atoms with Crippen molar-refractivity contribution in [3.05, 3.63) is 77.1 Å². The van der Waals surface area contributed by atoms with E-state index in [2.05, 4.69) is 32.0 Å². The Morgan fingerprint density at radius 3 is 2.74 bits per heavy atom. The standard InChI is InChI=1S/C20H15F2N5O3S/c1-30-27-20-13(12-24-27)5-6-14(25-20)7-8-15-16(21)9-10-17(19(15)22)26-31(28,29)18-4-2-3-11-23-18/h2-6,9-11,24,26H,12H2,1H3. The zero-order valence-corrected chi connectivity index (χ0v) is 16.9. The van der Waals surface area contributed by atoms with Gasteiger partial charge in [-0.1, -0.05) is 18.1 Å². The first kappa shape index (κ1) is 20.7. The van der Waals surface area contributed by atoms with Crippen LogP contribution in [0.2, 0.25) is 0 Å². The zero-order chi connectivity index (χ0) is 22.0. The molecule has 4 rings (SSSR count). The third-order valence-corrected chi connectivity index (χ3v) is 5.59. The van der Waals surface area contributed by atoms with E-state index < -0.39 is 32.9 Å². The molecule has 0 radical (unpaired) electrons. The maximum atomic E-state index is 14.9. The summed E-state index contributed by atoms with van der Waals surface area (Å²) in [5.74, 6) is 3.40. The fraction of sp³-hybridized carbons (Fsp3) is 0.100. The van der Waals surface area contributed by atoms with Gasteiger partial charge in [0.25, 0.3) is 10.0 Å². The van der Waals surface area contributed by atoms with Crippen LogP contribution >= 0.6 is 0 Å². The van der Waals surface area contributed by atoms with E-state index in [9.17, 15) is 17.2 Å². The molecule has 0 atom stereocenters. The minimum absolute atomic E-state index is 0.253. The van der Waals surface area contributed by atoms with Gasteiger partial charge in [0, 0.05) is 18.3 Å². The first-order chi connectivity index (χ1) is 14.9. The molecule has 3 aromatic rings. The van der Waals surface area contributed by atoms with E-state index in [4.69, 9.17) is 4.84 Å². The van der Waals surface area contributed by atoms with Crippen molar-refractivity contribution in [2.75, 3.05) is 17.0 Å². The Morgan fingerprint density at radius 2 is 2.00 bits per heavy atom. The van der Waals surface area contributed by atoms with Crippen molar-refractivity contribution < 1.29 is 22.0 Å². The molecule has 8 nitrogen and oxygen atoms in total. The SMILES string of the molecule is CON1NCc2ccc(C#Cc3c(F)ccc(NS(=O)(=O)c4ccccn4)c3F)nc21. The van der Waals surface area contributed by atoms with E-state index in [1.807, 2.05) is 0 Å². The molecule has 1 aliphatic rings. The maximum Gasteiger partial charge on any atom is 0.279 e. The smallest absolute Gasteiger partial charge is 0.275 e. The molecule has 2 N–H and O–H groups in total. The number of hydrazine groups is 1. The Labute approximate surface area is 176 Å². The number of anilines is 2. The summed E-state index contributed by atoms with van der Waals surface area (Å²) in [4.78, 5) is 13.1. The number of hydrogen-bond donors (Lipinski definition) is 2. The normalized spacial score (nSPS) is 12.8. The second kappa shape index (κ2) is 8.27. The van der Waals surface area contributed by atoms with Crippen LogP contribution in [0.25, 0.3) is 0 Å². The quantitative estimate of drug-likeness (QED) is 0.598. The van der Waals surface area contributed by atoms with Crippen LogP contribution in [0.3, 0.4) is 0 Å². The molecular formula is C20H15F2N5O3S. The van der Waals surface area contributed by atoms with Crippen molar-refractivity contribution >= 4 is 21.5 Å². The summed E-state index contributed by atoms with van der Waals surface area (Å²) >= 11 is 0. The summed E-state index contributed by atoms with van der Waals surface area (Å²) in [5.41, 5.74) is 3.02. The van der Waals surface area contributed by atoms with Gasteiger partial charge in [0.15, 0.2) is 16.7 Å². The van der Waals surface area contributed by atoms with Crippen molar-refractivity contribution in [3.63, 3.8) is 0 Å². The highest BCUT2D eigenvalue weighted by atomic mass is 32.2. The van der Waals surface area contributed by atoms with Gasteiger partial charge < -0.3 is 0 Å². The lowest BCUT2D eigenvalue weighted by Gasteiger charge is -2.13. The van der Waals surface area contributed by atoms with Crippen LogP contribution in [0.4, 0.5) is 20.3 Å². The fourth-order valence-corrected chi connectivity index (χ4v) is 3.83. The fourth-order valence-electron chi connectivity index (χ4n) is 2.82. The molecule has 0 amide bonds. The van der Waals surface area contributed by atoms with Crippen molar-refractivity contribution in [2.24, 2.45) is 0 Å². The van der Waals surface area contributed by atoms with E-state index in [1.165, 1.54) is 30.6 Å². The lowest BCUT2D eigenvalue weighted by Crippen LogP contribution is -2.31. The summed E-state index contributed by atoms with van der Waals surface area (Å²) in [5, 5.41) is 1.05. The minimum atomic E-state index is -4.16. The molecule has 0 unspecified atom stereocenters. The molecule has 0 saturated carbocycles. The molecule has 1 aliphatic heterocycles. The van der Waals surface area contributed by atoms with Crippen LogP contribution in [-0.2, 0) is 21.4 Å². The number of benzene rings is 1. The molecule has 0 fully saturated rings. The molecule has 1 aromatic carbocycles. The number of nitrogens with one attached hydrogen (secondary N) is 2. The topological polar surface area (TPSA) is 96.5 Å². The Morgan fingerprint density at radius 1 is 1.16 bits per heavy atom.